The minimum absolute atomic E-state index is 0.327. The molecule has 3 aromatic carbocycles. The van der Waals surface area contributed by atoms with Crippen molar-refractivity contribution in [2.75, 3.05) is 0 Å². The van der Waals surface area contributed by atoms with Gasteiger partial charge in [-0.15, -0.1) is 11.3 Å². The lowest BCUT2D eigenvalue weighted by atomic mass is 10.1. The standard InChI is InChI=1S/C23H15ClN2O2S/c1-13-19-21(29-20(13)16-10-4-5-11-17(16)24)25-23(28)26(22(19)27)18-12-6-8-14-7-2-3-9-15(14)18/h2-12H,1H3,(H,25,28). The molecule has 0 amide bonds. The Bertz CT molecular complexity index is 1520. The van der Waals surface area contributed by atoms with Crippen LogP contribution in [0.5, 0.6) is 0 Å². The van der Waals surface area contributed by atoms with E-state index in [4.69, 9.17) is 11.6 Å². The topological polar surface area (TPSA) is 54.9 Å². The molecule has 5 aromatic rings. The third kappa shape index (κ3) is 2.74. The number of benzene rings is 3. The first kappa shape index (κ1) is 17.9. The number of halogens is 1. The molecule has 0 saturated heterocycles. The number of aryl methyl sites for hydroxylation is 1. The van der Waals surface area contributed by atoms with Gasteiger partial charge in [-0.1, -0.05) is 66.2 Å². The second-order valence-electron chi connectivity index (χ2n) is 6.81. The molecular formula is C23H15ClN2O2S. The molecule has 0 fully saturated rings. The lowest BCUT2D eigenvalue weighted by Gasteiger charge is -2.09. The van der Waals surface area contributed by atoms with Crippen molar-refractivity contribution in [3.05, 3.63) is 98.2 Å². The molecule has 1 N–H and O–H groups in total. The first-order chi connectivity index (χ1) is 14.1. The summed E-state index contributed by atoms with van der Waals surface area (Å²) in [6, 6.07) is 20.8. The van der Waals surface area contributed by atoms with Crippen LogP contribution in [0.2, 0.25) is 5.02 Å². The van der Waals surface area contributed by atoms with Crippen LogP contribution in [-0.2, 0) is 0 Å². The zero-order valence-corrected chi connectivity index (χ0v) is 17.0. The van der Waals surface area contributed by atoms with Crippen molar-refractivity contribution in [1.29, 1.82) is 0 Å². The Balaban J connectivity index is 1.86. The van der Waals surface area contributed by atoms with Crippen LogP contribution < -0.4 is 11.2 Å². The number of nitrogens with zero attached hydrogens (tertiary/aromatic N) is 1. The maximum absolute atomic E-state index is 13.5. The number of aromatic amines is 1. The number of hydrogen-bond donors (Lipinski definition) is 1. The van der Waals surface area contributed by atoms with Gasteiger partial charge in [0.2, 0.25) is 0 Å². The van der Waals surface area contributed by atoms with Gasteiger partial charge in [0.1, 0.15) is 4.83 Å². The average Bonchev–Trinajstić information content (AvgIpc) is 3.04. The molecule has 0 spiro atoms. The molecule has 0 aliphatic heterocycles. The number of nitrogens with one attached hydrogen (secondary N) is 1. The van der Waals surface area contributed by atoms with Crippen molar-refractivity contribution in [2.45, 2.75) is 6.92 Å². The van der Waals surface area contributed by atoms with E-state index < -0.39 is 5.69 Å². The van der Waals surface area contributed by atoms with Gasteiger partial charge in [-0.05, 0) is 30.0 Å². The molecule has 0 saturated carbocycles. The molecule has 0 bridgehead atoms. The van der Waals surface area contributed by atoms with Crippen molar-refractivity contribution in [2.24, 2.45) is 0 Å². The number of rotatable bonds is 2. The predicted octanol–water partition coefficient (Wildman–Crippen LogP) is 5.52. The fourth-order valence-electron chi connectivity index (χ4n) is 3.74. The van der Waals surface area contributed by atoms with Gasteiger partial charge in [0, 0.05) is 20.8 Å². The van der Waals surface area contributed by atoms with Crippen LogP contribution in [0.1, 0.15) is 5.56 Å². The molecule has 0 aliphatic carbocycles. The third-order valence-corrected chi connectivity index (χ3v) is 6.68. The summed E-state index contributed by atoms with van der Waals surface area (Å²) in [5.41, 5.74) is 1.46. The number of H-pyrrole nitrogens is 1. The quantitative estimate of drug-likeness (QED) is 0.410. The van der Waals surface area contributed by atoms with Gasteiger partial charge < -0.3 is 0 Å². The summed E-state index contributed by atoms with van der Waals surface area (Å²) >= 11 is 7.75. The highest BCUT2D eigenvalue weighted by molar-refractivity contribution is 7.22. The fraction of sp³-hybridized carbons (Fsp3) is 0.0435. The Labute approximate surface area is 174 Å². The number of aromatic nitrogens is 2. The zero-order chi connectivity index (χ0) is 20.1. The largest absolute Gasteiger partial charge is 0.334 e. The normalized spacial score (nSPS) is 11.4. The van der Waals surface area contributed by atoms with Gasteiger partial charge in [-0.25, -0.2) is 9.36 Å². The van der Waals surface area contributed by atoms with Crippen molar-refractivity contribution < 1.29 is 0 Å². The minimum Gasteiger partial charge on any atom is -0.298 e. The monoisotopic (exact) mass is 418 g/mol. The van der Waals surface area contributed by atoms with Crippen LogP contribution in [0.4, 0.5) is 0 Å². The average molecular weight is 419 g/mol. The Morgan fingerprint density at radius 3 is 2.48 bits per heavy atom. The molecule has 0 unspecified atom stereocenters. The van der Waals surface area contributed by atoms with Crippen LogP contribution in [0.25, 0.3) is 37.1 Å². The molecule has 142 valence electrons. The van der Waals surface area contributed by atoms with Gasteiger partial charge >= 0.3 is 5.69 Å². The van der Waals surface area contributed by atoms with E-state index in [1.54, 1.807) is 6.07 Å². The Morgan fingerprint density at radius 2 is 1.66 bits per heavy atom. The molecule has 5 rings (SSSR count). The molecule has 2 heterocycles. The van der Waals surface area contributed by atoms with Gasteiger partial charge in [-0.3, -0.25) is 9.78 Å². The van der Waals surface area contributed by atoms with E-state index in [0.717, 1.165) is 26.8 Å². The van der Waals surface area contributed by atoms with Crippen molar-refractivity contribution in [3.8, 4) is 16.1 Å². The summed E-state index contributed by atoms with van der Waals surface area (Å²) in [4.78, 5) is 30.7. The summed E-state index contributed by atoms with van der Waals surface area (Å²) < 4.78 is 1.22. The van der Waals surface area contributed by atoms with E-state index in [9.17, 15) is 9.59 Å². The van der Waals surface area contributed by atoms with Gasteiger partial charge in [0.05, 0.1) is 11.1 Å². The van der Waals surface area contributed by atoms with E-state index in [2.05, 4.69) is 4.98 Å². The van der Waals surface area contributed by atoms with E-state index in [0.29, 0.717) is 20.9 Å². The first-order valence-corrected chi connectivity index (χ1v) is 10.3. The van der Waals surface area contributed by atoms with Gasteiger partial charge in [0.25, 0.3) is 5.56 Å². The van der Waals surface area contributed by atoms with Crippen LogP contribution >= 0.6 is 22.9 Å². The maximum Gasteiger partial charge on any atom is 0.334 e. The molecule has 2 aromatic heterocycles. The van der Waals surface area contributed by atoms with Crippen LogP contribution in [-0.4, -0.2) is 9.55 Å². The molecule has 6 heteroatoms. The SMILES string of the molecule is Cc1c(-c2ccccc2Cl)sc2[nH]c(=O)n(-c3cccc4ccccc34)c(=O)c12. The molecule has 0 atom stereocenters. The summed E-state index contributed by atoms with van der Waals surface area (Å²) in [6.07, 6.45) is 0. The lowest BCUT2D eigenvalue weighted by Crippen LogP contribution is -2.33. The van der Waals surface area contributed by atoms with Crippen LogP contribution in [0.3, 0.4) is 0 Å². The van der Waals surface area contributed by atoms with Crippen molar-refractivity contribution in [1.82, 2.24) is 9.55 Å². The Kier molecular flexibility index (Phi) is 4.15. The highest BCUT2D eigenvalue weighted by Gasteiger charge is 2.19. The van der Waals surface area contributed by atoms with Crippen molar-refractivity contribution in [3.63, 3.8) is 0 Å². The van der Waals surface area contributed by atoms with Crippen molar-refractivity contribution >= 4 is 43.9 Å². The van der Waals surface area contributed by atoms with E-state index in [1.807, 2.05) is 67.6 Å². The molecule has 0 aliphatic rings. The van der Waals surface area contributed by atoms with Gasteiger partial charge in [-0.2, -0.15) is 0 Å². The summed E-state index contributed by atoms with van der Waals surface area (Å²) in [5.74, 6) is 0. The third-order valence-electron chi connectivity index (χ3n) is 5.11. The second kappa shape index (κ2) is 6.72. The molecular weight excluding hydrogens is 404 g/mol. The highest BCUT2D eigenvalue weighted by atomic mass is 35.5. The minimum atomic E-state index is -0.453. The second-order valence-corrected chi connectivity index (χ2v) is 8.24. The highest BCUT2D eigenvalue weighted by Crippen LogP contribution is 2.38. The Hall–Kier alpha value is -3.15. The molecule has 29 heavy (non-hydrogen) atoms. The number of hydrogen-bond acceptors (Lipinski definition) is 3. The molecule has 0 radical (unpaired) electrons. The van der Waals surface area contributed by atoms with E-state index in [1.165, 1.54) is 15.9 Å². The summed E-state index contributed by atoms with van der Waals surface area (Å²) in [5, 5.41) is 2.94. The van der Waals surface area contributed by atoms with Crippen LogP contribution in [0.15, 0.2) is 76.3 Å². The van der Waals surface area contributed by atoms with Gasteiger partial charge in [0.15, 0.2) is 0 Å². The van der Waals surface area contributed by atoms with Crippen LogP contribution in [0, 0.1) is 6.92 Å². The summed E-state index contributed by atoms with van der Waals surface area (Å²) in [6.45, 7) is 1.89. The smallest absolute Gasteiger partial charge is 0.298 e. The first-order valence-electron chi connectivity index (χ1n) is 9.08. The predicted molar refractivity (Wildman–Crippen MR) is 121 cm³/mol. The molecule has 4 nitrogen and oxygen atoms in total. The lowest BCUT2D eigenvalue weighted by molar-refractivity contribution is 0.910. The van der Waals surface area contributed by atoms with E-state index >= 15 is 0 Å². The Morgan fingerprint density at radius 1 is 0.931 bits per heavy atom. The number of fused-ring (bicyclic) bond motifs is 2. The summed E-state index contributed by atoms with van der Waals surface area (Å²) in [7, 11) is 0. The number of thiophene rings is 1. The zero-order valence-electron chi connectivity index (χ0n) is 15.4. The van der Waals surface area contributed by atoms with E-state index in [-0.39, 0.29) is 5.56 Å². The maximum atomic E-state index is 13.5. The fourth-order valence-corrected chi connectivity index (χ4v) is 5.25.